The first-order chi connectivity index (χ1) is 12.6. The lowest BCUT2D eigenvalue weighted by Crippen LogP contribution is -2.59. The van der Waals surface area contributed by atoms with Crippen molar-refractivity contribution < 1.29 is 14.5 Å². The van der Waals surface area contributed by atoms with Gasteiger partial charge in [0.1, 0.15) is 0 Å². The molecule has 0 amide bonds. The second-order valence-electron chi connectivity index (χ2n) is 9.91. The van der Waals surface area contributed by atoms with E-state index in [1.165, 1.54) is 49.7 Å². The van der Waals surface area contributed by atoms with Gasteiger partial charge in [-0.1, -0.05) is 29.8 Å². The summed E-state index contributed by atoms with van der Waals surface area (Å²) in [5, 5.41) is 0. The fourth-order valence-corrected chi connectivity index (χ4v) is 7.18. The van der Waals surface area contributed by atoms with E-state index >= 15 is 0 Å². The second kappa shape index (κ2) is 5.56. The van der Waals surface area contributed by atoms with Gasteiger partial charge in [0.05, 0.1) is 0 Å². The molecule has 0 aromatic heterocycles. The predicted molar refractivity (Wildman–Crippen MR) is 98.2 cm³/mol. The molecule has 5 aliphatic carbocycles. The molecule has 1 aromatic carbocycles. The van der Waals surface area contributed by atoms with Crippen LogP contribution >= 0.6 is 0 Å². The van der Waals surface area contributed by atoms with E-state index in [9.17, 15) is 0 Å². The van der Waals surface area contributed by atoms with Crippen LogP contribution in [0.25, 0.3) is 0 Å². The van der Waals surface area contributed by atoms with Gasteiger partial charge < -0.3 is 4.74 Å². The maximum absolute atomic E-state index is 6.89. The molecule has 6 fully saturated rings. The Labute approximate surface area is 156 Å². The van der Waals surface area contributed by atoms with Crippen LogP contribution in [0.3, 0.4) is 0 Å². The van der Waals surface area contributed by atoms with E-state index in [-0.39, 0.29) is 0 Å². The van der Waals surface area contributed by atoms with Gasteiger partial charge in [-0.05, 0) is 75.2 Å². The van der Waals surface area contributed by atoms with Gasteiger partial charge in [0.2, 0.25) is 11.6 Å². The molecular weight excluding hydrogens is 324 g/mol. The van der Waals surface area contributed by atoms with Crippen LogP contribution in [-0.2, 0) is 14.5 Å². The summed E-state index contributed by atoms with van der Waals surface area (Å²) in [6.45, 7) is 2.18. The van der Waals surface area contributed by atoms with Gasteiger partial charge in [0.25, 0.3) is 0 Å². The van der Waals surface area contributed by atoms with Gasteiger partial charge in [-0.15, -0.1) is 0 Å². The van der Waals surface area contributed by atoms with Crippen LogP contribution in [0.4, 0.5) is 0 Å². The minimum absolute atomic E-state index is 0.429. The average Bonchev–Trinajstić information content (AvgIpc) is 2.99. The van der Waals surface area contributed by atoms with E-state index in [0.717, 1.165) is 31.1 Å². The Kier molecular flexibility index (Phi) is 3.44. The van der Waals surface area contributed by atoms with Crippen molar-refractivity contribution in [1.82, 2.24) is 0 Å². The number of hydrogen-bond acceptors (Lipinski definition) is 3. The smallest absolute Gasteiger partial charge is 0.210 e. The van der Waals surface area contributed by atoms with E-state index in [0.29, 0.717) is 17.8 Å². The Morgan fingerprint density at radius 1 is 0.962 bits per heavy atom. The molecule has 1 heterocycles. The van der Waals surface area contributed by atoms with Crippen molar-refractivity contribution in [3.63, 3.8) is 0 Å². The van der Waals surface area contributed by atoms with Gasteiger partial charge >= 0.3 is 0 Å². The summed E-state index contributed by atoms with van der Waals surface area (Å²) >= 11 is 0. The Bertz CT molecular complexity index is 685. The average molecular weight is 354 g/mol. The van der Waals surface area contributed by atoms with Crippen molar-refractivity contribution in [2.24, 2.45) is 23.7 Å². The molecule has 0 radical (unpaired) electrons. The van der Waals surface area contributed by atoms with Gasteiger partial charge in [-0.25, -0.2) is 0 Å². The Morgan fingerprint density at radius 2 is 1.73 bits per heavy atom. The van der Waals surface area contributed by atoms with Gasteiger partial charge in [-0.2, -0.15) is 9.78 Å². The third-order valence-corrected chi connectivity index (χ3v) is 8.13. The van der Waals surface area contributed by atoms with Crippen LogP contribution < -0.4 is 0 Å². The number of benzene rings is 1. The van der Waals surface area contributed by atoms with Crippen molar-refractivity contribution in [2.45, 2.75) is 82.2 Å². The molecule has 6 aliphatic rings. The van der Waals surface area contributed by atoms with Crippen molar-refractivity contribution in [3.05, 3.63) is 35.4 Å². The van der Waals surface area contributed by atoms with E-state index in [1.807, 2.05) is 0 Å². The van der Waals surface area contributed by atoms with E-state index in [4.69, 9.17) is 14.5 Å². The standard InChI is InChI=1S/C23H30O3/c1-15-4-2-5-18(8-15)19-6-3-7-22(14-19)24-23(26-25-22)20-10-16-9-17(12-20)13-21(23)11-16/h2,4-5,8,16-17,19-21H,3,6-7,9-14H2,1H3/t16?,17?,19?,20?,21?,22-,23?/m1/s1. The van der Waals surface area contributed by atoms with Crippen molar-refractivity contribution in [1.29, 1.82) is 0 Å². The molecule has 2 atom stereocenters. The first-order valence-electron chi connectivity index (χ1n) is 10.8. The number of rotatable bonds is 1. The van der Waals surface area contributed by atoms with Crippen molar-refractivity contribution in [3.8, 4) is 0 Å². The molecule has 2 spiro atoms. The van der Waals surface area contributed by atoms with Crippen LogP contribution in [0.5, 0.6) is 0 Å². The molecular formula is C23H30O3. The third-order valence-electron chi connectivity index (χ3n) is 8.13. The highest BCUT2D eigenvalue weighted by molar-refractivity contribution is 5.26. The molecule has 140 valence electrons. The zero-order valence-electron chi connectivity index (χ0n) is 15.8. The minimum Gasteiger partial charge on any atom is -0.312 e. The molecule has 26 heavy (non-hydrogen) atoms. The van der Waals surface area contributed by atoms with Gasteiger partial charge in [0, 0.05) is 24.7 Å². The van der Waals surface area contributed by atoms with Crippen LogP contribution in [-0.4, -0.2) is 11.6 Å². The summed E-state index contributed by atoms with van der Waals surface area (Å²) in [7, 11) is 0. The molecule has 1 aromatic rings. The first kappa shape index (κ1) is 16.1. The quantitative estimate of drug-likeness (QED) is 0.625. The van der Waals surface area contributed by atoms with Crippen LogP contribution in [0.1, 0.15) is 74.8 Å². The maximum Gasteiger partial charge on any atom is 0.210 e. The maximum atomic E-state index is 6.89. The third kappa shape index (κ3) is 2.30. The van der Waals surface area contributed by atoms with Crippen LogP contribution in [0.2, 0.25) is 0 Å². The lowest BCUT2D eigenvalue weighted by Gasteiger charge is -2.57. The van der Waals surface area contributed by atoms with E-state index in [2.05, 4.69) is 31.2 Å². The molecule has 3 heteroatoms. The van der Waals surface area contributed by atoms with Crippen molar-refractivity contribution in [2.75, 3.05) is 0 Å². The summed E-state index contributed by atoms with van der Waals surface area (Å²) in [4.78, 5) is 12.3. The SMILES string of the molecule is Cc1cccc(C2CCC[C@]3(C2)OOC2(O3)C3CC4CC(C3)CC2C4)c1. The van der Waals surface area contributed by atoms with E-state index < -0.39 is 11.6 Å². The largest absolute Gasteiger partial charge is 0.312 e. The first-order valence-corrected chi connectivity index (χ1v) is 10.8. The highest BCUT2D eigenvalue weighted by Gasteiger charge is 2.66. The topological polar surface area (TPSA) is 27.7 Å². The molecule has 7 rings (SSSR count). The molecule has 1 unspecified atom stereocenters. The molecule has 5 saturated carbocycles. The number of hydrogen-bond donors (Lipinski definition) is 0. The number of ether oxygens (including phenoxy) is 1. The zero-order valence-corrected chi connectivity index (χ0v) is 15.8. The Balaban J connectivity index is 1.26. The summed E-state index contributed by atoms with van der Waals surface area (Å²) in [5.41, 5.74) is 2.77. The molecule has 4 bridgehead atoms. The van der Waals surface area contributed by atoms with E-state index in [1.54, 1.807) is 0 Å². The zero-order chi connectivity index (χ0) is 17.4. The summed E-state index contributed by atoms with van der Waals surface area (Å²) < 4.78 is 6.89. The fraction of sp³-hybridized carbons (Fsp3) is 0.739. The molecule has 1 aliphatic heterocycles. The fourth-order valence-electron chi connectivity index (χ4n) is 7.18. The Hall–Kier alpha value is -0.900. The van der Waals surface area contributed by atoms with Gasteiger partial charge in [-0.3, -0.25) is 0 Å². The summed E-state index contributed by atoms with van der Waals surface area (Å²) in [6, 6.07) is 8.96. The summed E-state index contributed by atoms with van der Waals surface area (Å²) in [6.07, 6.45) is 10.9. The van der Waals surface area contributed by atoms with Gasteiger partial charge in [0.15, 0.2) is 0 Å². The van der Waals surface area contributed by atoms with Crippen molar-refractivity contribution >= 4 is 0 Å². The summed E-state index contributed by atoms with van der Waals surface area (Å²) in [5.74, 6) is 2.51. The lowest BCUT2D eigenvalue weighted by atomic mass is 9.53. The normalized spacial score (nSPS) is 49.3. The second-order valence-corrected chi connectivity index (χ2v) is 9.91. The Morgan fingerprint density at radius 3 is 2.46 bits per heavy atom. The molecule has 3 nitrogen and oxygen atoms in total. The highest BCUT2D eigenvalue weighted by Crippen LogP contribution is 2.64. The van der Waals surface area contributed by atoms with Crippen LogP contribution in [0, 0.1) is 30.6 Å². The minimum atomic E-state index is -0.512. The number of aryl methyl sites for hydroxylation is 1. The predicted octanol–water partition coefficient (Wildman–Crippen LogP) is 5.48. The van der Waals surface area contributed by atoms with Crippen LogP contribution in [0.15, 0.2) is 24.3 Å². The lowest BCUT2D eigenvalue weighted by molar-refractivity contribution is -0.390. The monoisotopic (exact) mass is 354 g/mol. The highest BCUT2D eigenvalue weighted by atomic mass is 17.3. The molecule has 0 N–H and O–H groups in total. The molecule has 1 saturated heterocycles.